The van der Waals surface area contributed by atoms with Gasteiger partial charge in [-0.15, -0.1) is 10.2 Å². The summed E-state index contributed by atoms with van der Waals surface area (Å²) in [6.45, 7) is 6.68. The number of nitrogens with two attached hydrogens (primary N) is 2. The fourth-order valence-corrected chi connectivity index (χ4v) is 4.85. The topological polar surface area (TPSA) is 166 Å². The second-order valence-electron chi connectivity index (χ2n) is 6.35. The van der Waals surface area contributed by atoms with Gasteiger partial charge in [0.05, 0.1) is 16.4 Å². The van der Waals surface area contributed by atoms with E-state index in [1.54, 1.807) is 24.0 Å². The summed E-state index contributed by atoms with van der Waals surface area (Å²) in [6.07, 6.45) is 0. The van der Waals surface area contributed by atoms with Crippen LogP contribution < -0.4 is 16.3 Å². The molecule has 0 radical (unpaired) electrons. The monoisotopic (exact) mass is 487 g/mol. The lowest BCUT2D eigenvalue weighted by atomic mass is 10.2. The van der Waals surface area contributed by atoms with E-state index in [1.807, 2.05) is 13.8 Å². The molecule has 0 bridgehead atoms. The number of nitrogens with zero attached hydrogens (tertiary/aromatic N) is 4. The summed E-state index contributed by atoms with van der Waals surface area (Å²) in [5, 5.41) is 16.4. The van der Waals surface area contributed by atoms with E-state index in [1.165, 1.54) is 22.5 Å². The first-order valence-electron chi connectivity index (χ1n) is 9.24. The molecule has 0 saturated heterocycles. The quantitative estimate of drug-likeness (QED) is 0.322. The van der Waals surface area contributed by atoms with Gasteiger partial charge in [0, 0.05) is 18.8 Å². The Morgan fingerprint density at radius 2 is 1.71 bits per heavy atom. The largest absolute Gasteiger partial charge is 0.343 e. The van der Waals surface area contributed by atoms with E-state index in [0.29, 0.717) is 34.7 Å². The molecule has 0 unspecified atom stereocenters. The number of carbonyl (C=O) groups is 2. The minimum absolute atomic E-state index is 0.0245. The van der Waals surface area contributed by atoms with Gasteiger partial charge in [0.25, 0.3) is 0 Å². The number of aromatic nitrogens is 3. The van der Waals surface area contributed by atoms with Crippen molar-refractivity contribution in [2.75, 3.05) is 35.8 Å². The summed E-state index contributed by atoms with van der Waals surface area (Å²) in [6, 6.07) is 4.45. The zero-order chi connectivity index (χ0) is 23.2. The maximum absolute atomic E-state index is 12.2. The molecule has 1 heterocycles. The Kier molecular flexibility index (Phi) is 8.73. The number of anilines is 1. The Bertz CT molecular complexity index is 1050. The SMILES string of the molecule is CCN(CC)C(=O)CSc1nnc(SCC(=O)Nc2ccc(C)c(S(N)(=O)=O)c2)n1N. The molecule has 1 aromatic carbocycles. The van der Waals surface area contributed by atoms with Crippen molar-refractivity contribution in [2.45, 2.75) is 36.0 Å². The van der Waals surface area contributed by atoms with Gasteiger partial charge in [-0.3, -0.25) is 9.59 Å². The number of hydrogen-bond donors (Lipinski definition) is 3. The van der Waals surface area contributed by atoms with E-state index in [0.717, 1.165) is 11.8 Å². The minimum Gasteiger partial charge on any atom is -0.343 e. The molecule has 5 N–H and O–H groups in total. The van der Waals surface area contributed by atoms with Crippen LogP contribution in [0.5, 0.6) is 0 Å². The number of primary sulfonamides is 1. The highest BCUT2D eigenvalue weighted by atomic mass is 32.2. The van der Waals surface area contributed by atoms with Crippen LogP contribution >= 0.6 is 23.5 Å². The third-order valence-electron chi connectivity index (χ3n) is 4.18. The summed E-state index contributed by atoms with van der Waals surface area (Å²) < 4.78 is 24.5. The van der Waals surface area contributed by atoms with Crippen molar-refractivity contribution in [2.24, 2.45) is 5.14 Å². The first kappa shape index (κ1) is 25.0. The normalized spacial score (nSPS) is 11.4. The Labute approximate surface area is 189 Å². The van der Waals surface area contributed by atoms with Gasteiger partial charge in [0.1, 0.15) is 0 Å². The van der Waals surface area contributed by atoms with Crippen LogP contribution in [0, 0.1) is 6.92 Å². The molecule has 170 valence electrons. The third kappa shape index (κ3) is 6.85. The molecule has 2 amide bonds. The highest BCUT2D eigenvalue weighted by Crippen LogP contribution is 2.22. The van der Waals surface area contributed by atoms with Gasteiger partial charge < -0.3 is 16.1 Å². The maximum Gasteiger partial charge on any atom is 0.238 e. The predicted molar refractivity (Wildman–Crippen MR) is 121 cm³/mol. The maximum atomic E-state index is 12.2. The number of hydrogen-bond acceptors (Lipinski definition) is 9. The van der Waals surface area contributed by atoms with E-state index < -0.39 is 10.0 Å². The van der Waals surface area contributed by atoms with Crippen molar-refractivity contribution in [3.8, 4) is 0 Å². The third-order valence-corrected chi connectivity index (χ3v) is 7.11. The number of thioether (sulfide) groups is 2. The molecule has 0 spiro atoms. The second-order valence-corrected chi connectivity index (χ2v) is 9.77. The van der Waals surface area contributed by atoms with Crippen molar-refractivity contribution in [3.05, 3.63) is 23.8 Å². The molecular weight excluding hydrogens is 462 g/mol. The number of nitrogen functional groups attached to an aromatic ring is 1. The summed E-state index contributed by atoms with van der Waals surface area (Å²) >= 11 is 2.23. The summed E-state index contributed by atoms with van der Waals surface area (Å²) in [5.74, 6) is 5.71. The first-order valence-corrected chi connectivity index (χ1v) is 12.8. The lowest BCUT2D eigenvalue weighted by Crippen LogP contribution is -2.32. The number of sulfonamides is 1. The summed E-state index contributed by atoms with van der Waals surface area (Å²) in [4.78, 5) is 26.0. The van der Waals surface area contributed by atoms with Crippen LogP contribution in [0.25, 0.3) is 0 Å². The molecule has 0 atom stereocenters. The molecule has 14 heteroatoms. The average molecular weight is 488 g/mol. The molecule has 0 saturated carbocycles. The van der Waals surface area contributed by atoms with Crippen LogP contribution in [0.3, 0.4) is 0 Å². The van der Waals surface area contributed by atoms with E-state index >= 15 is 0 Å². The van der Waals surface area contributed by atoms with E-state index in [-0.39, 0.29) is 28.2 Å². The highest BCUT2D eigenvalue weighted by molar-refractivity contribution is 8.00. The molecule has 11 nitrogen and oxygen atoms in total. The van der Waals surface area contributed by atoms with Gasteiger partial charge in [-0.2, -0.15) is 0 Å². The molecule has 0 aliphatic heterocycles. The van der Waals surface area contributed by atoms with Crippen LogP contribution in [0.2, 0.25) is 0 Å². The number of benzene rings is 1. The van der Waals surface area contributed by atoms with Gasteiger partial charge in [0.2, 0.25) is 32.2 Å². The highest BCUT2D eigenvalue weighted by Gasteiger charge is 2.17. The zero-order valence-corrected chi connectivity index (χ0v) is 19.8. The van der Waals surface area contributed by atoms with E-state index in [4.69, 9.17) is 11.0 Å². The number of rotatable bonds is 10. The minimum atomic E-state index is -3.89. The molecule has 2 aromatic rings. The van der Waals surface area contributed by atoms with Crippen LogP contribution in [-0.2, 0) is 19.6 Å². The predicted octanol–water partition coefficient (Wildman–Crippen LogP) is 0.639. The number of aryl methyl sites for hydroxylation is 1. The Morgan fingerprint density at radius 1 is 1.13 bits per heavy atom. The van der Waals surface area contributed by atoms with Gasteiger partial charge in [-0.25, -0.2) is 18.2 Å². The number of nitrogens with one attached hydrogen (secondary N) is 1. The Hall–Kier alpha value is -2.29. The van der Waals surface area contributed by atoms with Crippen molar-refractivity contribution < 1.29 is 18.0 Å². The molecule has 1 aromatic heterocycles. The van der Waals surface area contributed by atoms with Gasteiger partial charge >= 0.3 is 0 Å². The second kappa shape index (κ2) is 10.8. The van der Waals surface area contributed by atoms with Crippen LogP contribution in [0.1, 0.15) is 19.4 Å². The molecular formula is C17H25N7O4S3. The van der Waals surface area contributed by atoms with Gasteiger partial charge in [0.15, 0.2) is 0 Å². The van der Waals surface area contributed by atoms with Gasteiger partial charge in [-0.05, 0) is 38.5 Å². The van der Waals surface area contributed by atoms with Crippen molar-refractivity contribution in [3.63, 3.8) is 0 Å². The molecule has 0 aliphatic rings. The molecule has 0 fully saturated rings. The van der Waals surface area contributed by atoms with E-state index in [2.05, 4.69) is 15.5 Å². The fourth-order valence-electron chi connectivity index (χ4n) is 2.57. The Morgan fingerprint density at radius 3 is 2.26 bits per heavy atom. The zero-order valence-electron chi connectivity index (χ0n) is 17.4. The van der Waals surface area contributed by atoms with Crippen LogP contribution in [-0.4, -0.2) is 64.6 Å². The Balaban J connectivity index is 1.94. The lowest BCUT2D eigenvalue weighted by Gasteiger charge is -2.17. The standard InChI is InChI=1S/C17H25N7O4S3/c1-4-23(5-2)15(26)10-30-17-22-21-16(24(17)18)29-9-14(25)20-12-7-6-11(3)13(8-12)31(19,27)28/h6-8H,4-5,9-10,18H2,1-3H3,(H,20,25)(H2,19,27,28). The summed E-state index contributed by atoms with van der Waals surface area (Å²) in [7, 11) is -3.89. The molecule has 31 heavy (non-hydrogen) atoms. The average Bonchev–Trinajstić information content (AvgIpc) is 3.06. The smallest absolute Gasteiger partial charge is 0.238 e. The fraction of sp³-hybridized carbons (Fsp3) is 0.412. The van der Waals surface area contributed by atoms with Crippen molar-refractivity contribution in [1.29, 1.82) is 0 Å². The number of carbonyl (C=O) groups excluding carboxylic acids is 2. The van der Waals surface area contributed by atoms with Crippen LogP contribution in [0.15, 0.2) is 33.4 Å². The van der Waals surface area contributed by atoms with Crippen LogP contribution in [0.4, 0.5) is 5.69 Å². The van der Waals surface area contributed by atoms with Gasteiger partial charge in [-0.1, -0.05) is 29.6 Å². The molecule has 0 aliphatic carbocycles. The van der Waals surface area contributed by atoms with Crippen molar-refractivity contribution >= 4 is 51.0 Å². The van der Waals surface area contributed by atoms with E-state index in [9.17, 15) is 18.0 Å². The summed E-state index contributed by atoms with van der Waals surface area (Å²) in [5.41, 5.74) is 0.788. The first-order chi connectivity index (χ1) is 14.6. The van der Waals surface area contributed by atoms with Crippen molar-refractivity contribution in [1.82, 2.24) is 19.8 Å². The molecule has 2 rings (SSSR count). The number of amides is 2. The lowest BCUT2D eigenvalue weighted by molar-refractivity contribution is -0.128.